The summed E-state index contributed by atoms with van der Waals surface area (Å²) in [4.78, 5) is 30.3. The molecular formula is C28H19N3O3S. The van der Waals surface area contributed by atoms with Gasteiger partial charge in [0, 0.05) is 12.0 Å². The lowest BCUT2D eigenvalue weighted by molar-refractivity contribution is 0.244. The van der Waals surface area contributed by atoms with E-state index in [0.29, 0.717) is 11.0 Å². The number of nitrogens with zero attached hydrogens (tertiary/aromatic N) is 3. The minimum Gasteiger partial charge on any atom is -0.480 e. The van der Waals surface area contributed by atoms with E-state index in [1.54, 1.807) is 0 Å². The highest BCUT2D eigenvalue weighted by Crippen LogP contribution is 2.37. The topological polar surface area (TPSA) is 73.6 Å². The normalized spacial score (nSPS) is 15.5. The van der Waals surface area contributed by atoms with E-state index in [4.69, 9.17) is 4.74 Å². The number of thiazole rings is 1. The van der Waals surface area contributed by atoms with Crippen molar-refractivity contribution >= 4 is 28.4 Å². The van der Waals surface area contributed by atoms with Gasteiger partial charge < -0.3 is 4.74 Å². The SMILES string of the molecule is O=c1nc2sc(=CC3=Cc4ccccc4OC3c3ccccc3)c(=O)n2nc1Cc1ccccc1. The Labute approximate surface area is 204 Å². The average Bonchev–Trinajstić information content (AvgIpc) is 3.18. The Morgan fingerprint density at radius 2 is 1.63 bits per heavy atom. The molecule has 7 heteroatoms. The van der Waals surface area contributed by atoms with Crippen molar-refractivity contribution < 1.29 is 4.74 Å². The smallest absolute Gasteiger partial charge is 0.296 e. The molecule has 6 nitrogen and oxygen atoms in total. The van der Waals surface area contributed by atoms with Crippen LogP contribution in [0.5, 0.6) is 5.75 Å². The number of aromatic nitrogens is 3. The van der Waals surface area contributed by atoms with Crippen LogP contribution in [-0.2, 0) is 6.42 Å². The fraction of sp³-hybridized carbons (Fsp3) is 0.0714. The molecule has 3 aromatic carbocycles. The van der Waals surface area contributed by atoms with Crippen molar-refractivity contribution in [2.45, 2.75) is 12.5 Å². The maximum Gasteiger partial charge on any atom is 0.296 e. The van der Waals surface area contributed by atoms with Gasteiger partial charge in [0.1, 0.15) is 17.5 Å². The van der Waals surface area contributed by atoms with Crippen LogP contribution >= 0.6 is 11.3 Å². The van der Waals surface area contributed by atoms with Gasteiger partial charge in [-0.3, -0.25) is 9.59 Å². The molecule has 6 rings (SSSR count). The van der Waals surface area contributed by atoms with Crippen LogP contribution in [0, 0.1) is 0 Å². The molecule has 0 bridgehead atoms. The molecule has 0 saturated carbocycles. The van der Waals surface area contributed by atoms with Crippen LogP contribution in [0.4, 0.5) is 0 Å². The number of hydrogen-bond acceptors (Lipinski definition) is 6. The first-order valence-electron chi connectivity index (χ1n) is 11.2. The molecule has 2 aromatic heterocycles. The molecule has 0 N–H and O–H groups in total. The molecule has 3 heterocycles. The van der Waals surface area contributed by atoms with Crippen molar-refractivity contribution in [1.29, 1.82) is 0 Å². The summed E-state index contributed by atoms with van der Waals surface area (Å²) in [5.41, 5.74) is 3.21. The van der Waals surface area contributed by atoms with Gasteiger partial charge in [0.2, 0.25) is 4.96 Å². The average molecular weight is 478 g/mol. The Bertz CT molecular complexity index is 1740. The number of benzene rings is 3. The Morgan fingerprint density at radius 3 is 2.43 bits per heavy atom. The third-order valence-electron chi connectivity index (χ3n) is 5.85. The molecule has 0 fully saturated rings. The maximum absolute atomic E-state index is 13.3. The second kappa shape index (κ2) is 8.77. The molecule has 1 aliphatic rings. The van der Waals surface area contributed by atoms with Crippen LogP contribution in [-0.4, -0.2) is 14.6 Å². The van der Waals surface area contributed by atoms with Gasteiger partial charge in [0.05, 0.1) is 4.53 Å². The first-order chi connectivity index (χ1) is 17.2. The fourth-order valence-electron chi connectivity index (χ4n) is 4.16. The molecule has 0 amide bonds. The first kappa shape index (κ1) is 21.2. The molecule has 170 valence electrons. The molecule has 5 aromatic rings. The van der Waals surface area contributed by atoms with Gasteiger partial charge in [-0.2, -0.15) is 14.6 Å². The molecule has 0 aliphatic carbocycles. The summed E-state index contributed by atoms with van der Waals surface area (Å²) in [5.74, 6) is 0.788. The van der Waals surface area contributed by atoms with E-state index in [2.05, 4.69) is 10.1 Å². The number of para-hydroxylation sites is 1. The van der Waals surface area contributed by atoms with Crippen LogP contribution in [0.25, 0.3) is 17.1 Å². The van der Waals surface area contributed by atoms with Crippen LogP contribution < -0.4 is 20.4 Å². The molecule has 1 atom stereocenters. The van der Waals surface area contributed by atoms with Gasteiger partial charge >= 0.3 is 0 Å². The van der Waals surface area contributed by atoms with Gasteiger partial charge in [0.25, 0.3) is 11.1 Å². The van der Waals surface area contributed by atoms with E-state index in [0.717, 1.165) is 39.3 Å². The Kier molecular flexibility index (Phi) is 5.31. The number of ether oxygens (including phenoxy) is 1. The largest absolute Gasteiger partial charge is 0.480 e. The second-order valence-electron chi connectivity index (χ2n) is 8.23. The minimum absolute atomic E-state index is 0.242. The lowest BCUT2D eigenvalue weighted by Gasteiger charge is -2.26. The molecule has 0 radical (unpaired) electrons. The van der Waals surface area contributed by atoms with Crippen molar-refractivity contribution in [3.8, 4) is 5.75 Å². The third-order valence-corrected chi connectivity index (χ3v) is 6.81. The van der Waals surface area contributed by atoms with Crippen molar-refractivity contribution in [3.63, 3.8) is 0 Å². The zero-order chi connectivity index (χ0) is 23.8. The summed E-state index contributed by atoms with van der Waals surface area (Å²) in [6.07, 6.45) is 3.80. The summed E-state index contributed by atoms with van der Waals surface area (Å²) in [7, 11) is 0. The molecule has 35 heavy (non-hydrogen) atoms. The second-order valence-corrected chi connectivity index (χ2v) is 9.24. The minimum atomic E-state index is -0.419. The highest BCUT2D eigenvalue weighted by Gasteiger charge is 2.23. The maximum atomic E-state index is 13.3. The van der Waals surface area contributed by atoms with Crippen molar-refractivity contribution in [3.05, 3.63) is 138 Å². The predicted octanol–water partition coefficient (Wildman–Crippen LogP) is 3.82. The number of hydrogen-bond donors (Lipinski definition) is 0. The van der Waals surface area contributed by atoms with Crippen molar-refractivity contribution in [2.24, 2.45) is 0 Å². The fourth-order valence-corrected chi connectivity index (χ4v) is 5.06. The van der Waals surface area contributed by atoms with Gasteiger partial charge in [-0.05, 0) is 34.9 Å². The van der Waals surface area contributed by atoms with E-state index in [9.17, 15) is 9.59 Å². The highest BCUT2D eigenvalue weighted by molar-refractivity contribution is 7.15. The van der Waals surface area contributed by atoms with Crippen LogP contribution in [0.3, 0.4) is 0 Å². The Hall–Kier alpha value is -4.36. The van der Waals surface area contributed by atoms with E-state index >= 15 is 0 Å². The zero-order valence-electron chi connectivity index (χ0n) is 18.5. The molecular weight excluding hydrogens is 458 g/mol. The van der Waals surface area contributed by atoms with E-state index in [1.165, 1.54) is 4.52 Å². The summed E-state index contributed by atoms with van der Waals surface area (Å²) < 4.78 is 8.01. The molecule has 0 spiro atoms. The van der Waals surface area contributed by atoms with Crippen LogP contribution in [0.2, 0.25) is 0 Å². The zero-order valence-corrected chi connectivity index (χ0v) is 19.3. The van der Waals surface area contributed by atoms with E-state index in [-0.39, 0.29) is 22.3 Å². The lowest BCUT2D eigenvalue weighted by Crippen LogP contribution is -2.28. The van der Waals surface area contributed by atoms with E-state index in [1.807, 2.05) is 97.1 Å². The summed E-state index contributed by atoms with van der Waals surface area (Å²) >= 11 is 1.15. The third kappa shape index (κ3) is 4.06. The van der Waals surface area contributed by atoms with Crippen molar-refractivity contribution in [2.75, 3.05) is 0 Å². The predicted molar refractivity (Wildman–Crippen MR) is 137 cm³/mol. The Morgan fingerprint density at radius 1 is 0.914 bits per heavy atom. The summed E-state index contributed by atoms with van der Waals surface area (Å²) in [5, 5.41) is 4.37. The quantitative estimate of drug-likeness (QED) is 0.394. The van der Waals surface area contributed by atoms with Gasteiger partial charge in [-0.25, -0.2) is 0 Å². The molecule has 0 saturated heterocycles. The van der Waals surface area contributed by atoms with Crippen molar-refractivity contribution in [1.82, 2.24) is 14.6 Å². The number of fused-ring (bicyclic) bond motifs is 2. The number of rotatable bonds is 4. The highest BCUT2D eigenvalue weighted by atomic mass is 32.1. The van der Waals surface area contributed by atoms with Gasteiger partial charge in [-0.1, -0.05) is 90.2 Å². The summed E-state index contributed by atoms with van der Waals surface area (Å²) in [6, 6.07) is 27.2. The Balaban J connectivity index is 1.47. The van der Waals surface area contributed by atoms with Gasteiger partial charge in [-0.15, -0.1) is 0 Å². The van der Waals surface area contributed by atoms with Crippen LogP contribution in [0.1, 0.15) is 28.5 Å². The van der Waals surface area contributed by atoms with E-state index < -0.39 is 5.56 Å². The van der Waals surface area contributed by atoms with Gasteiger partial charge in [0.15, 0.2) is 0 Å². The summed E-state index contributed by atoms with van der Waals surface area (Å²) in [6.45, 7) is 0. The first-order valence-corrected chi connectivity index (χ1v) is 12.0. The van der Waals surface area contributed by atoms with Crippen LogP contribution in [0.15, 0.2) is 100 Å². The lowest BCUT2D eigenvalue weighted by atomic mass is 9.96. The molecule has 1 unspecified atom stereocenters. The standard InChI is InChI=1S/C28H19N3O3S/c32-26-22(15-18-9-3-1-4-10-18)30-31-27(33)24(35-28(31)29-26)17-21-16-20-13-7-8-14-23(20)34-25(21)19-11-5-2-6-12-19/h1-14,16-17,25H,15H2. The monoisotopic (exact) mass is 477 g/mol. The molecule has 1 aliphatic heterocycles.